The van der Waals surface area contributed by atoms with E-state index in [-0.39, 0.29) is 12.2 Å². The Morgan fingerprint density at radius 1 is 1.00 bits per heavy atom. The van der Waals surface area contributed by atoms with Crippen LogP contribution in [-0.4, -0.2) is 67.1 Å². The molecular weight excluding hydrogens is 236 g/mol. The largest absolute Gasteiger partial charge is 0.388 e. The molecule has 5 heteroatoms. The van der Waals surface area contributed by atoms with Crippen molar-refractivity contribution in [2.24, 2.45) is 0 Å². The van der Waals surface area contributed by atoms with Crippen molar-refractivity contribution in [2.45, 2.75) is 32.5 Å². The Labute approximate surface area is 112 Å². The van der Waals surface area contributed by atoms with E-state index in [1.807, 2.05) is 13.8 Å². The number of hydrogen-bond donors (Lipinski definition) is 0. The Bertz CT molecular complexity index is 143. The SMILES string of the molecule is CC.COC.COCCOC1COC(COC)C1. The van der Waals surface area contributed by atoms with Crippen molar-refractivity contribution < 1.29 is 23.7 Å². The maximum absolute atomic E-state index is 5.51. The van der Waals surface area contributed by atoms with Gasteiger partial charge in [0.2, 0.25) is 0 Å². The monoisotopic (exact) mass is 266 g/mol. The molecule has 2 unspecified atom stereocenters. The molecule has 0 bridgehead atoms. The van der Waals surface area contributed by atoms with E-state index in [9.17, 15) is 0 Å². The first kappa shape index (κ1) is 20.1. The van der Waals surface area contributed by atoms with E-state index in [0.717, 1.165) is 6.42 Å². The summed E-state index contributed by atoms with van der Waals surface area (Å²) in [5, 5.41) is 0. The Hall–Kier alpha value is -0.200. The molecule has 0 aliphatic carbocycles. The van der Waals surface area contributed by atoms with Gasteiger partial charge >= 0.3 is 0 Å². The molecule has 18 heavy (non-hydrogen) atoms. The molecule has 0 amide bonds. The molecule has 1 fully saturated rings. The van der Waals surface area contributed by atoms with Crippen molar-refractivity contribution in [3.05, 3.63) is 0 Å². The van der Waals surface area contributed by atoms with E-state index >= 15 is 0 Å². The van der Waals surface area contributed by atoms with Crippen LogP contribution in [-0.2, 0) is 23.7 Å². The van der Waals surface area contributed by atoms with Crippen LogP contribution in [0.25, 0.3) is 0 Å². The van der Waals surface area contributed by atoms with Gasteiger partial charge in [0.15, 0.2) is 0 Å². The second kappa shape index (κ2) is 16.8. The third kappa shape index (κ3) is 12.3. The summed E-state index contributed by atoms with van der Waals surface area (Å²) < 4.78 is 25.1. The Kier molecular flexibility index (Phi) is 18.8. The molecule has 1 aliphatic heterocycles. The lowest BCUT2D eigenvalue weighted by Gasteiger charge is -2.09. The van der Waals surface area contributed by atoms with E-state index in [1.165, 1.54) is 0 Å². The highest BCUT2D eigenvalue weighted by Crippen LogP contribution is 2.16. The van der Waals surface area contributed by atoms with Gasteiger partial charge in [-0.2, -0.15) is 0 Å². The molecule has 2 atom stereocenters. The van der Waals surface area contributed by atoms with Crippen molar-refractivity contribution in [1.29, 1.82) is 0 Å². The average Bonchev–Trinajstić information content (AvgIpc) is 2.81. The minimum absolute atomic E-state index is 0.206. The molecule has 5 nitrogen and oxygen atoms in total. The summed E-state index contributed by atoms with van der Waals surface area (Å²) in [5.41, 5.74) is 0. The van der Waals surface area contributed by atoms with E-state index in [4.69, 9.17) is 18.9 Å². The predicted octanol–water partition coefficient (Wildman–Crippen LogP) is 1.74. The second-order valence-electron chi connectivity index (χ2n) is 3.54. The third-order valence-electron chi connectivity index (χ3n) is 2.04. The van der Waals surface area contributed by atoms with Crippen LogP contribution in [0.4, 0.5) is 0 Å². The van der Waals surface area contributed by atoms with Gasteiger partial charge in [0, 0.05) is 34.9 Å². The summed E-state index contributed by atoms with van der Waals surface area (Å²) in [4.78, 5) is 0. The van der Waals surface area contributed by atoms with Crippen molar-refractivity contribution >= 4 is 0 Å². The van der Waals surface area contributed by atoms with Gasteiger partial charge < -0.3 is 23.7 Å². The molecule has 112 valence electrons. The van der Waals surface area contributed by atoms with Crippen LogP contribution in [0.3, 0.4) is 0 Å². The van der Waals surface area contributed by atoms with Crippen LogP contribution in [0, 0.1) is 0 Å². The summed E-state index contributed by atoms with van der Waals surface area (Å²) in [6.45, 7) is 6.62. The summed E-state index contributed by atoms with van der Waals surface area (Å²) >= 11 is 0. The van der Waals surface area contributed by atoms with Crippen LogP contribution >= 0.6 is 0 Å². The number of ether oxygens (including phenoxy) is 5. The molecule has 0 aromatic rings. The fourth-order valence-electron chi connectivity index (χ4n) is 1.39. The van der Waals surface area contributed by atoms with Gasteiger partial charge in [-0.1, -0.05) is 13.8 Å². The quantitative estimate of drug-likeness (QED) is 0.685. The second-order valence-corrected chi connectivity index (χ2v) is 3.54. The summed E-state index contributed by atoms with van der Waals surface area (Å²) in [6.07, 6.45) is 1.35. The number of hydrogen-bond acceptors (Lipinski definition) is 5. The van der Waals surface area contributed by atoms with E-state index in [1.54, 1.807) is 28.4 Å². The summed E-state index contributed by atoms with van der Waals surface area (Å²) in [7, 11) is 6.60. The van der Waals surface area contributed by atoms with Crippen LogP contribution in [0.15, 0.2) is 0 Å². The molecule has 0 spiro atoms. The number of rotatable bonds is 6. The number of methoxy groups -OCH3 is 3. The summed E-state index contributed by atoms with van der Waals surface area (Å²) in [5.74, 6) is 0. The van der Waals surface area contributed by atoms with Crippen molar-refractivity contribution in [1.82, 2.24) is 0 Å². The maximum Gasteiger partial charge on any atom is 0.0835 e. The van der Waals surface area contributed by atoms with Crippen LogP contribution < -0.4 is 0 Å². The van der Waals surface area contributed by atoms with Gasteiger partial charge in [0.1, 0.15) is 0 Å². The average molecular weight is 266 g/mol. The zero-order valence-electron chi connectivity index (χ0n) is 12.7. The molecule has 1 heterocycles. The Morgan fingerprint density at radius 3 is 2.11 bits per heavy atom. The van der Waals surface area contributed by atoms with Crippen LogP contribution in [0.2, 0.25) is 0 Å². The predicted molar refractivity (Wildman–Crippen MR) is 72.1 cm³/mol. The minimum atomic E-state index is 0.206. The van der Waals surface area contributed by atoms with Gasteiger partial charge in [-0.25, -0.2) is 0 Å². The summed E-state index contributed by atoms with van der Waals surface area (Å²) in [6, 6.07) is 0. The lowest BCUT2D eigenvalue weighted by molar-refractivity contribution is 0.00541. The fourth-order valence-corrected chi connectivity index (χ4v) is 1.39. The van der Waals surface area contributed by atoms with Crippen molar-refractivity contribution in [3.8, 4) is 0 Å². The van der Waals surface area contributed by atoms with Crippen LogP contribution in [0.5, 0.6) is 0 Å². The first-order chi connectivity index (χ1) is 8.78. The zero-order valence-corrected chi connectivity index (χ0v) is 12.7. The Morgan fingerprint density at radius 2 is 1.61 bits per heavy atom. The van der Waals surface area contributed by atoms with Crippen LogP contribution in [0.1, 0.15) is 20.3 Å². The van der Waals surface area contributed by atoms with E-state index in [0.29, 0.717) is 26.4 Å². The molecule has 0 saturated carbocycles. The van der Waals surface area contributed by atoms with E-state index in [2.05, 4.69) is 4.74 Å². The molecule has 0 aromatic heterocycles. The third-order valence-corrected chi connectivity index (χ3v) is 2.04. The van der Waals surface area contributed by atoms with Gasteiger partial charge in [-0.3, -0.25) is 0 Å². The minimum Gasteiger partial charge on any atom is -0.388 e. The molecule has 0 radical (unpaired) electrons. The topological polar surface area (TPSA) is 46.2 Å². The van der Waals surface area contributed by atoms with E-state index < -0.39 is 0 Å². The smallest absolute Gasteiger partial charge is 0.0835 e. The molecule has 1 rings (SSSR count). The molecule has 1 saturated heterocycles. The first-order valence-electron chi connectivity index (χ1n) is 6.39. The highest BCUT2D eigenvalue weighted by molar-refractivity contribution is 4.73. The normalized spacial score (nSPS) is 21.7. The molecule has 1 aliphatic rings. The maximum atomic E-state index is 5.51. The highest BCUT2D eigenvalue weighted by atomic mass is 16.6. The zero-order chi connectivity index (χ0) is 14.2. The first-order valence-corrected chi connectivity index (χ1v) is 6.39. The standard InChI is InChI=1S/C9H18O4.C2H6O.C2H6/c1-10-3-4-12-9-5-8(6-11-2)13-7-9;1-3-2;1-2/h8-9H,3-7H2,1-2H3;1-2H3;1-2H3. The highest BCUT2D eigenvalue weighted by Gasteiger charge is 2.25. The van der Waals surface area contributed by atoms with Gasteiger partial charge in [-0.05, 0) is 0 Å². The van der Waals surface area contributed by atoms with Crippen molar-refractivity contribution in [3.63, 3.8) is 0 Å². The lowest BCUT2D eigenvalue weighted by Crippen LogP contribution is -2.17. The van der Waals surface area contributed by atoms with Gasteiger partial charge in [0.25, 0.3) is 0 Å². The molecule has 0 N–H and O–H groups in total. The fraction of sp³-hybridized carbons (Fsp3) is 1.00. The van der Waals surface area contributed by atoms with Gasteiger partial charge in [-0.15, -0.1) is 0 Å². The molecular formula is C13H30O5. The van der Waals surface area contributed by atoms with Gasteiger partial charge in [0.05, 0.1) is 38.6 Å². The Balaban J connectivity index is 0. The van der Waals surface area contributed by atoms with Crippen molar-refractivity contribution in [2.75, 3.05) is 54.9 Å². The molecule has 0 aromatic carbocycles. The lowest BCUT2D eigenvalue weighted by atomic mass is 10.2.